The number of carbonyl (C=O) groups is 1. The molecule has 0 amide bonds. The van der Waals surface area contributed by atoms with Crippen molar-refractivity contribution in [2.24, 2.45) is 0 Å². The Balaban J connectivity index is 1.65. The maximum Gasteiger partial charge on any atom is 0.348 e. The summed E-state index contributed by atoms with van der Waals surface area (Å²) in [5, 5.41) is 8.63. The number of rotatable bonds is 4. The smallest absolute Gasteiger partial charge is 0.348 e. The Labute approximate surface area is 148 Å². The van der Waals surface area contributed by atoms with Crippen LogP contribution in [0.1, 0.15) is 34.4 Å². The molecule has 4 heterocycles. The Kier molecular flexibility index (Phi) is 4.08. The van der Waals surface area contributed by atoms with Crippen molar-refractivity contribution in [1.29, 1.82) is 0 Å². The van der Waals surface area contributed by atoms with Gasteiger partial charge in [-0.05, 0) is 25.8 Å². The van der Waals surface area contributed by atoms with Crippen LogP contribution in [0, 0.1) is 6.92 Å². The summed E-state index contributed by atoms with van der Waals surface area (Å²) < 4.78 is 7.06. The van der Waals surface area contributed by atoms with Gasteiger partial charge in [0, 0.05) is 12.5 Å². The molecule has 1 atom stereocenters. The van der Waals surface area contributed by atoms with Crippen LogP contribution in [0.5, 0.6) is 0 Å². The average molecular weight is 358 g/mol. The maximum atomic E-state index is 12.1. The van der Waals surface area contributed by atoms with Crippen molar-refractivity contribution in [3.63, 3.8) is 0 Å². The molecule has 0 fully saturated rings. The molecular weight excluding hydrogens is 340 g/mol. The van der Waals surface area contributed by atoms with Crippen LogP contribution >= 0.6 is 11.3 Å². The summed E-state index contributed by atoms with van der Waals surface area (Å²) >= 11 is 1.34. The third-order valence-corrected chi connectivity index (χ3v) is 5.51. The molecule has 0 aromatic carbocycles. The number of esters is 1. The van der Waals surface area contributed by atoms with Crippen molar-refractivity contribution in [3.8, 4) is 0 Å². The van der Waals surface area contributed by atoms with Crippen molar-refractivity contribution in [2.75, 3.05) is 11.9 Å². The van der Waals surface area contributed by atoms with E-state index in [2.05, 4.69) is 25.4 Å². The lowest BCUT2D eigenvalue weighted by molar-refractivity contribution is 0.0531. The standard InChI is InChI=1S/C16H18N6O2S/c1-3-24-16(23)13-9(2)12-14(18-7-19-15(12)25-13)21-10-4-5-11-17-8-20-22(11)6-10/h7-8,10H,3-6H2,1-2H3,(H,18,19,21). The summed E-state index contributed by atoms with van der Waals surface area (Å²) in [6, 6.07) is 0.206. The number of fused-ring (bicyclic) bond motifs is 2. The van der Waals surface area contributed by atoms with E-state index >= 15 is 0 Å². The summed E-state index contributed by atoms with van der Waals surface area (Å²) in [4.78, 5) is 26.5. The van der Waals surface area contributed by atoms with E-state index < -0.39 is 0 Å². The lowest BCUT2D eigenvalue weighted by Crippen LogP contribution is -2.32. The van der Waals surface area contributed by atoms with Crippen LogP contribution in [0.25, 0.3) is 10.2 Å². The number of anilines is 1. The molecule has 1 N–H and O–H groups in total. The number of nitrogens with zero attached hydrogens (tertiary/aromatic N) is 5. The monoisotopic (exact) mass is 358 g/mol. The molecule has 25 heavy (non-hydrogen) atoms. The van der Waals surface area contributed by atoms with Crippen molar-refractivity contribution < 1.29 is 9.53 Å². The number of nitrogens with one attached hydrogen (secondary N) is 1. The van der Waals surface area contributed by atoms with Gasteiger partial charge >= 0.3 is 5.97 Å². The molecule has 130 valence electrons. The fourth-order valence-corrected chi connectivity index (χ4v) is 4.16. The summed E-state index contributed by atoms with van der Waals surface area (Å²) in [5.74, 6) is 1.46. The first-order chi connectivity index (χ1) is 12.2. The van der Waals surface area contributed by atoms with Crippen LogP contribution < -0.4 is 5.32 Å². The number of ether oxygens (including phenoxy) is 1. The molecule has 0 radical (unpaired) electrons. The highest BCUT2D eigenvalue weighted by molar-refractivity contribution is 7.20. The van der Waals surface area contributed by atoms with Gasteiger partial charge in [-0.1, -0.05) is 0 Å². The molecule has 3 aromatic heterocycles. The van der Waals surface area contributed by atoms with E-state index in [0.29, 0.717) is 11.5 Å². The van der Waals surface area contributed by atoms with Gasteiger partial charge in [-0.3, -0.25) is 0 Å². The summed E-state index contributed by atoms with van der Waals surface area (Å²) in [6.07, 6.45) is 4.95. The average Bonchev–Trinajstić information content (AvgIpc) is 3.20. The second kappa shape index (κ2) is 6.40. The van der Waals surface area contributed by atoms with Crippen molar-refractivity contribution in [1.82, 2.24) is 24.7 Å². The van der Waals surface area contributed by atoms with Gasteiger partial charge in [0.25, 0.3) is 0 Å². The molecule has 9 heteroatoms. The largest absolute Gasteiger partial charge is 0.462 e. The molecule has 8 nitrogen and oxygen atoms in total. The van der Waals surface area contributed by atoms with Gasteiger partial charge in [-0.25, -0.2) is 24.4 Å². The molecular formula is C16H18N6O2S. The van der Waals surface area contributed by atoms with Crippen LogP contribution in [0.3, 0.4) is 0 Å². The Hall–Kier alpha value is -2.55. The SMILES string of the molecule is CCOC(=O)c1sc2ncnc(NC3CCc4ncnn4C3)c2c1C. The molecule has 0 saturated carbocycles. The highest BCUT2D eigenvalue weighted by Gasteiger charge is 2.24. The zero-order valence-electron chi connectivity index (χ0n) is 14.0. The quantitative estimate of drug-likeness (QED) is 0.714. The Morgan fingerprint density at radius 1 is 1.40 bits per heavy atom. The number of carbonyl (C=O) groups excluding carboxylic acids is 1. The molecule has 0 spiro atoms. The van der Waals surface area contributed by atoms with E-state index in [0.717, 1.165) is 46.8 Å². The second-order valence-corrected chi connectivity index (χ2v) is 6.92. The highest BCUT2D eigenvalue weighted by atomic mass is 32.1. The van der Waals surface area contributed by atoms with E-state index in [-0.39, 0.29) is 12.0 Å². The second-order valence-electron chi connectivity index (χ2n) is 5.92. The molecule has 0 bridgehead atoms. The van der Waals surface area contributed by atoms with Gasteiger partial charge in [-0.15, -0.1) is 11.3 Å². The Morgan fingerprint density at radius 2 is 2.28 bits per heavy atom. The third-order valence-electron chi connectivity index (χ3n) is 4.33. The van der Waals surface area contributed by atoms with Crippen LogP contribution in [0.2, 0.25) is 0 Å². The summed E-state index contributed by atoms with van der Waals surface area (Å²) in [6.45, 7) is 4.81. The van der Waals surface area contributed by atoms with Crippen molar-refractivity contribution >= 4 is 33.3 Å². The molecule has 1 unspecified atom stereocenters. The van der Waals surface area contributed by atoms with Crippen LogP contribution in [-0.2, 0) is 17.7 Å². The van der Waals surface area contributed by atoms with Gasteiger partial charge in [0.1, 0.15) is 34.0 Å². The van der Waals surface area contributed by atoms with Crippen molar-refractivity contribution in [2.45, 2.75) is 39.3 Å². The van der Waals surface area contributed by atoms with E-state index in [4.69, 9.17) is 4.74 Å². The predicted molar refractivity (Wildman–Crippen MR) is 93.9 cm³/mol. The minimum absolute atomic E-state index is 0.206. The van der Waals surface area contributed by atoms with E-state index in [1.54, 1.807) is 13.3 Å². The maximum absolute atomic E-state index is 12.1. The molecule has 1 aliphatic rings. The van der Waals surface area contributed by atoms with Gasteiger partial charge in [0.05, 0.1) is 18.5 Å². The van der Waals surface area contributed by atoms with Crippen molar-refractivity contribution in [3.05, 3.63) is 28.9 Å². The fourth-order valence-electron chi connectivity index (χ4n) is 3.12. The minimum Gasteiger partial charge on any atom is -0.462 e. The molecule has 0 aliphatic carbocycles. The van der Waals surface area contributed by atoms with Gasteiger partial charge in [0.2, 0.25) is 0 Å². The number of aromatic nitrogens is 5. The Morgan fingerprint density at radius 3 is 3.12 bits per heavy atom. The number of thiophene rings is 1. The lowest BCUT2D eigenvalue weighted by atomic mass is 10.1. The summed E-state index contributed by atoms with van der Waals surface area (Å²) in [7, 11) is 0. The highest BCUT2D eigenvalue weighted by Crippen LogP contribution is 2.34. The first kappa shape index (κ1) is 15.9. The topological polar surface area (TPSA) is 94.8 Å². The zero-order chi connectivity index (χ0) is 17.4. The Bertz CT molecular complexity index is 934. The van der Waals surface area contributed by atoms with Gasteiger partial charge in [0.15, 0.2) is 0 Å². The number of hydrogen-bond donors (Lipinski definition) is 1. The van der Waals surface area contributed by atoms with Gasteiger partial charge < -0.3 is 10.1 Å². The zero-order valence-corrected chi connectivity index (χ0v) is 14.8. The normalized spacial score (nSPS) is 16.6. The summed E-state index contributed by atoms with van der Waals surface area (Å²) in [5.41, 5.74) is 0.860. The van der Waals surface area contributed by atoms with Crippen LogP contribution in [-0.4, -0.2) is 43.4 Å². The number of aryl methyl sites for hydroxylation is 2. The lowest BCUT2D eigenvalue weighted by Gasteiger charge is -2.24. The molecule has 1 aliphatic heterocycles. The van der Waals surface area contributed by atoms with E-state index in [9.17, 15) is 4.79 Å². The molecule has 0 saturated heterocycles. The molecule has 3 aromatic rings. The number of hydrogen-bond acceptors (Lipinski definition) is 8. The third kappa shape index (κ3) is 2.84. The minimum atomic E-state index is -0.307. The van der Waals surface area contributed by atoms with E-state index in [1.165, 1.54) is 17.7 Å². The van der Waals surface area contributed by atoms with Gasteiger partial charge in [-0.2, -0.15) is 5.10 Å². The van der Waals surface area contributed by atoms with Crippen LogP contribution in [0.4, 0.5) is 5.82 Å². The predicted octanol–water partition coefficient (Wildman–Crippen LogP) is 2.19. The fraction of sp³-hybridized carbons (Fsp3) is 0.438. The van der Waals surface area contributed by atoms with Crippen LogP contribution in [0.15, 0.2) is 12.7 Å². The van der Waals surface area contributed by atoms with E-state index in [1.807, 2.05) is 11.6 Å². The first-order valence-corrected chi connectivity index (χ1v) is 9.03. The first-order valence-electron chi connectivity index (χ1n) is 8.21. The molecule has 4 rings (SSSR count).